The van der Waals surface area contributed by atoms with Gasteiger partial charge in [-0.2, -0.15) is 0 Å². The Hall–Kier alpha value is -0.960. The molecular weight excluding hydrogens is 198 g/mol. The van der Waals surface area contributed by atoms with Crippen LogP contribution in [0.25, 0.3) is 0 Å². The molecule has 0 aliphatic heterocycles. The highest BCUT2D eigenvalue weighted by atomic mass is 15.0. The first kappa shape index (κ1) is 13.1. The second-order valence-electron chi connectivity index (χ2n) is 5.37. The minimum atomic E-state index is 0.129. The van der Waals surface area contributed by atoms with E-state index in [9.17, 15) is 0 Å². The first-order valence-electron chi connectivity index (χ1n) is 5.97. The summed E-state index contributed by atoms with van der Waals surface area (Å²) in [4.78, 5) is 8.85. The average molecular weight is 221 g/mol. The molecule has 1 atom stereocenters. The topological polar surface area (TPSA) is 37.8 Å². The van der Waals surface area contributed by atoms with Gasteiger partial charge in [-0.1, -0.05) is 27.7 Å². The molecule has 3 nitrogen and oxygen atoms in total. The van der Waals surface area contributed by atoms with Gasteiger partial charge in [0.1, 0.15) is 5.82 Å². The van der Waals surface area contributed by atoms with Crippen molar-refractivity contribution in [2.24, 2.45) is 5.41 Å². The molecule has 1 aromatic rings. The van der Waals surface area contributed by atoms with Crippen LogP contribution in [0.2, 0.25) is 0 Å². The summed E-state index contributed by atoms with van der Waals surface area (Å²) in [5.74, 6) is 0.895. The van der Waals surface area contributed by atoms with E-state index in [-0.39, 0.29) is 11.5 Å². The lowest BCUT2D eigenvalue weighted by Gasteiger charge is -2.30. The van der Waals surface area contributed by atoms with Gasteiger partial charge in [0.25, 0.3) is 0 Å². The predicted octanol–water partition coefficient (Wildman–Crippen LogP) is 2.87. The zero-order chi connectivity index (χ0) is 12.2. The summed E-state index contributed by atoms with van der Waals surface area (Å²) in [5.41, 5.74) is 1.23. The number of rotatable bonds is 4. The van der Waals surface area contributed by atoms with Crippen LogP contribution in [0, 0.1) is 12.3 Å². The second kappa shape index (κ2) is 5.39. The molecule has 0 aliphatic carbocycles. The van der Waals surface area contributed by atoms with Crippen molar-refractivity contribution in [2.75, 3.05) is 6.54 Å². The molecule has 0 saturated carbocycles. The third-order valence-electron chi connectivity index (χ3n) is 2.52. The maximum atomic E-state index is 4.42. The van der Waals surface area contributed by atoms with Crippen molar-refractivity contribution in [3.05, 3.63) is 23.8 Å². The van der Waals surface area contributed by atoms with Crippen LogP contribution >= 0.6 is 0 Å². The van der Waals surface area contributed by atoms with Crippen molar-refractivity contribution < 1.29 is 0 Å². The van der Waals surface area contributed by atoms with Gasteiger partial charge in [0.2, 0.25) is 0 Å². The Balaban J connectivity index is 2.88. The monoisotopic (exact) mass is 221 g/mol. The van der Waals surface area contributed by atoms with Crippen molar-refractivity contribution in [3.63, 3.8) is 0 Å². The molecule has 0 spiro atoms. The standard InChI is InChI=1S/C13H23N3/c1-6-7-14-11(13(3,4)5)12-15-8-10(2)9-16-12/h8-9,11,14H,6-7H2,1-5H3. The zero-order valence-corrected chi connectivity index (χ0v) is 11.0. The van der Waals surface area contributed by atoms with Crippen LogP contribution in [0.15, 0.2) is 12.4 Å². The summed E-state index contributed by atoms with van der Waals surface area (Å²) in [6.45, 7) is 11.8. The van der Waals surface area contributed by atoms with E-state index >= 15 is 0 Å². The number of nitrogens with zero attached hydrogens (tertiary/aromatic N) is 2. The molecule has 0 fully saturated rings. The molecule has 0 aliphatic rings. The maximum Gasteiger partial charge on any atom is 0.145 e. The largest absolute Gasteiger partial charge is 0.307 e. The molecule has 3 heteroatoms. The van der Waals surface area contributed by atoms with Gasteiger partial charge in [-0.3, -0.25) is 0 Å². The van der Waals surface area contributed by atoms with Crippen molar-refractivity contribution in [3.8, 4) is 0 Å². The predicted molar refractivity (Wildman–Crippen MR) is 67.3 cm³/mol. The normalized spacial score (nSPS) is 13.8. The van der Waals surface area contributed by atoms with E-state index in [1.54, 1.807) is 0 Å². The van der Waals surface area contributed by atoms with Gasteiger partial charge in [0.05, 0.1) is 6.04 Å². The molecule has 1 rings (SSSR count). The van der Waals surface area contributed by atoms with Gasteiger partial charge in [0, 0.05) is 12.4 Å². The van der Waals surface area contributed by atoms with Gasteiger partial charge in [0.15, 0.2) is 0 Å². The van der Waals surface area contributed by atoms with Gasteiger partial charge >= 0.3 is 0 Å². The molecule has 0 bridgehead atoms. The Kier molecular flexibility index (Phi) is 4.42. The Labute approximate surface area is 98.7 Å². The molecule has 1 unspecified atom stereocenters. The van der Waals surface area contributed by atoms with E-state index < -0.39 is 0 Å². The highest BCUT2D eigenvalue weighted by molar-refractivity contribution is 5.06. The lowest BCUT2D eigenvalue weighted by molar-refractivity contribution is 0.262. The summed E-state index contributed by atoms with van der Waals surface area (Å²) >= 11 is 0. The summed E-state index contributed by atoms with van der Waals surface area (Å²) in [5, 5.41) is 3.52. The molecule has 1 aromatic heterocycles. The van der Waals surface area contributed by atoms with Crippen LogP contribution in [-0.2, 0) is 0 Å². The fraction of sp³-hybridized carbons (Fsp3) is 0.692. The van der Waals surface area contributed by atoms with Gasteiger partial charge < -0.3 is 5.32 Å². The fourth-order valence-electron chi connectivity index (χ4n) is 1.63. The summed E-state index contributed by atoms with van der Waals surface area (Å²) in [7, 11) is 0. The minimum absolute atomic E-state index is 0.129. The number of hydrogen-bond acceptors (Lipinski definition) is 3. The Morgan fingerprint density at radius 3 is 2.25 bits per heavy atom. The maximum absolute atomic E-state index is 4.42. The van der Waals surface area contributed by atoms with Crippen molar-refractivity contribution >= 4 is 0 Å². The summed E-state index contributed by atoms with van der Waals surface area (Å²) in [6.07, 6.45) is 4.89. The summed E-state index contributed by atoms with van der Waals surface area (Å²) in [6, 6.07) is 0.216. The van der Waals surface area contributed by atoms with E-state index in [0.717, 1.165) is 24.4 Å². The van der Waals surface area contributed by atoms with Crippen LogP contribution in [0.1, 0.15) is 51.5 Å². The number of hydrogen-bond donors (Lipinski definition) is 1. The third-order valence-corrected chi connectivity index (χ3v) is 2.52. The first-order chi connectivity index (χ1) is 7.45. The molecule has 1 heterocycles. The molecule has 0 amide bonds. The quantitative estimate of drug-likeness (QED) is 0.849. The van der Waals surface area contributed by atoms with E-state index in [4.69, 9.17) is 0 Å². The number of aryl methyl sites for hydroxylation is 1. The van der Waals surface area contributed by atoms with E-state index in [1.807, 2.05) is 19.3 Å². The lowest BCUT2D eigenvalue weighted by Crippen LogP contribution is -2.34. The minimum Gasteiger partial charge on any atom is -0.307 e. The van der Waals surface area contributed by atoms with Crippen molar-refractivity contribution in [1.29, 1.82) is 0 Å². The Morgan fingerprint density at radius 1 is 1.25 bits per heavy atom. The van der Waals surface area contributed by atoms with Crippen LogP contribution in [0.3, 0.4) is 0 Å². The van der Waals surface area contributed by atoms with Crippen LogP contribution in [0.4, 0.5) is 0 Å². The lowest BCUT2D eigenvalue weighted by atomic mass is 9.86. The van der Waals surface area contributed by atoms with Crippen molar-refractivity contribution in [1.82, 2.24) is 15.3 Å². The third kappa shape index (κ3) is 3.56. The van der Waals surface area contributed by atoms with Gasteiger partial charge in [-0.05, 0) is 30.9 Å². The Morgan fingerprint density at radius 2 is 1.81 bits per heavy atom. The molecule has 16 heavy (non-hydrogen) atoms. The zero-order valence-electron chi connectivity index (χ0n) is 11.0. The number of nitrogens with one attached hydrogen (secondary N) is 1. The molecule has 90 valence electrons. The smallest absolute Gasteiger partial charge is 0.145 e. The van der Waals surface area contributed by atoms with Gasteiger partial charge in [-0.25, -0.2) is 9.97 Å². The van der Waals surface area contributed by atoms with E-state index in [2.05, 4.69) is 43.0 Å². The molecule has 1 N–H and O–H groups in total. The van der Waals surface area contributed by atoms with Crippen LogP contribution in [-0.4, -0.2) is 16.5 Å². The van der Waals surface area contributed by atoms with Crippen LogP contribution < -0.4 is 5.32 Å². The van der Waals surface area contributed by atoms with Gasteiger partial charge in [-0.15, -0.1) is 0 Å². The SMILES string of the molecule is CCCNC(c1ncc(C)cn1)C(C)(C)C. The van der Waals surface area contributed by atoms with E-state index in [0.29, 0.717) is 0 Å². The fourth-order valence-corrected chi connectivity index (χ4v) is 1.63. The number of aromatic nitrogens is 2. The highest BCUT2D eigenvalue weighted by Crippen LogP contribution is 2.30. The van der Waals surface area contributed by atoms with Crippen LogP contribution in [0.5, 0.6) is 0 Å². The Bertz CT molecular complexity index is 311. The molecule has 0 saturated heterocycles. The summed E-state index contributed by atoms with van der Waals surface area (Å²) < 4.78 is 0. The first-order valence-corrected chi connectivity index (χ1v) is 5.97. The molecule has 0 aromatic carbocycles. The average Bonchev–Trinajstić information content (AvgIpc) is 2.19. The molecule has 0 radical (unpaired) electrons. The highest BCUT2D eigenvalue weighted by Gasteiger charge is 2.27. The van der Waals surface area contributed by atoms with E-state index in [1.165, 1.54) is 0 Å². The second-order valence-corrected chi connectivity index (χ2v) is 5.37. The molecular formula is C13H23N3. The van der Waals surface area contributed by atoms with Crippen molar-refractivity contribution in [2.45, 2.75) is 47.1 Å².